The first-order valence-corrected chi connectivity index (χ1v) is 19.5. The third kappa shape index (κ3) is 37.2. The minimum absolute atomic E-state index is 0. The largest absolute Gasteiger partial charge is 1.00 e. The zero-order chi connectivity index (χ0) is 29.2. The molecule has 0 rings (SSSR count). The quantitative estimate of drug-likeness (QED) is 0.0305. The first-order valence-electron chi connectivity index (χ1n) is 18.7. The number of hydrogen-bond acceptors (Lipinski definition) is 2. The summed E-state index contributed by atoms with van der Waals surface area (Å²) in [4.78, 5) is 2.30. The van der Waals surface area contributed by atoms with Gasteiger partial charge in [0.2, 0.25) is 0 Å². The molecule has 0 heterocycles. The van der Waals surface area contributed by atoms with Gasteiger partial charge in [-0.3, -0.25) is 0 Å². The predicted molar refractivity (Wildman–Crippen MR) is 191 cm³/mol. The molecule has 0 atom stereocenters. The summed E-state index contributed by atoms with van der Waals surface area (Å²) >= 11 is 10.8. The molecular weight excluding hydrogens is 546 g/mol. The first-order chi connectivity index (χ1) is 19.7. The number of rotatable bonds is 34. The SMILES string of the molecule is CCCCCCCCCCCCCCCCCCN(CCCCCCCCCCCCCCCCCC)C(=S)[S-].[Na+]. The fraction of sp³-hybridized carbons (Fsp3) is 0.973. The van der Waals surface area contributed by atoms with Crippen LogP contribution in [0, 0.1) is 0 Å². The second-order valence-electron chi connectivity index (χ2n) is 12.9. The van der Waals surface area contributed by atoms with E-state index < -0.39 is 0 Å². The van der Waals surface area contributed by atoms with E-state index in [1.165, 1.54) is 205 Å². The van der Waals surface area contributed by atoms with Gasteiger partial charge in [0, 0.05) is 13.1 Å². The molecule has 0 N–H and O–H groups in total. The molecule has 0 aromatic heterocycles. The van der Waals surface area contributed by atoms with Crippen molar-refractivity contribution in [1.82, 2.24) is 4.90 Å². The molecule has 0 radical (unpaired) electrons. The van der Waals surface area contributed by atoms with Gasteiger partial charge in [0.15, 0.2) is 0 Å². The minimum Gasteiger partial charge on any atom is -0.411 e. The summed E-state index contributed by atoms with van der Waals surface area (Å²) in [5.41, 5.74) is 0. The van der Waals surface area contributed by atoms with Gasteiger partial charge in [-0.05, 0) is 12.8 Å². The maximum Gasteiger partial charge on any atom is 1.00 e. The zero-order valence-corrected chi connectivity index (χ0v) is 32.4. The van der Waals surface area contributed by atoms with Gasteiger partial charge in [0.25, 0.3) is 0 Å². The average Bonchev–Trinajstić information content (AvgIpc) is 2.95. The number of nitrogens with zero attached hydrogens (tertiary/aromatic N) is 1. The van der Waals surface area contributed by atoms with Crippen molar-refractivity contribution in [2.75, 3.05) is 13.1 Å². The Labute approximate surface area is 294 Å². The maximum atomic E-state index is 5.38. The molecule has 4 heteroatoms. The van der Waals surface area contributed by atoms with Crippen LogP contribution < -0.4 is 29.6 Å². The summed E-state index contributed by atoms with van der Waals surface area (Å²) in [6.45, 7) is 6.77. The van der Waals surface area contributed by atoms with E-state index in [2.05, 4.69) is 18.7 Å². The van der Waals surface area contributed by atoms with Gasteiger partial charge in [-0.1, -0.05) is 211 Å². The van der Waals surface area contributed by atoms with Crippen LogP contribution in [0.2, 0.25) is 0 Å². The van der Waals surface area contributed by atoms with Gasteiger partial charge >= 0.3 is 29.6 Å². The monoisotopic (exact) mass is 620 g/mol. The Balaban J connectivity index is 0. The molecule has 0 aliphatic carbocycles. The van der Waals surface area contributed by atoms with E-state index >= 15 is 0 Å². The normalized spacial score (nSPS) is 11.1. The van der Waals surface area contributed by atoms with E-state index in [0.29, 0.717) is 4.32 Å². The summed E-state index contributed by atoms with van der Waals surface area (Å²) in [5.74, 6) is 0. The molecule has 0 unspecified atom stereocenters. The summed E-state index contributed by atoms with van der Waals surface area (Å²) in [7, 11) is 0. The average molecular weight is 620 g/mol. The summed E-state index contributed by atoms with van der Waals surface area (Å²) < 4.78 is 0.696. The summed E-state index contributed by atoms with van der Waals surface area (Å²) in [6, 6.07) is 0. The Morgan fingerprint density at radius 3 is 0.707 bits per heavy atom. The molecule has 0 fully saturated rings. The van der Waals surface area contributed by atoms with Crippen molar-refractivity contribution >= 4 is 29.2 Å². The van der Waals surface area contributed by atoms with E-state index in [1.54, 1.807) is 0 Å². The smallest absolute Gasteiger partial charge is 0.411 e. The van der Waals surface area contributed by atoms with Crippen LogP contribution in [0.4, 0.5) is 0 Å². The van der Waals surface area contributed by atoms with Crippen LogP contribution in [0.1, 0.15) is 219 Å². The van der Waals surface area contributed by atoms with Crippen molar-refractivity contribution in [1.29, 1.82) is 0 Å². The molecule has 0 saturated carbocycles. The standard InChI is InChI=1S/C37H75NS2.Na/c1-3-5-7-9-11-13-15-17-19-21-23-25-27-29-31-33-35-38(37(39)40)36-34-32-30-28-26-24-22-20-18-16-14-12-10-8-6-4-2;/h3-36H2,1-2H3,(H,39,40);/q;+1/p-1. The van der Waals surface area contributed by atoms with Crippen LogP contribution in [0.5, 0.6) is 0 Å². The van der Waals surface area contributed by atoms with Crippen molar-refractivity contribution in [3.63, 3.8) is 0 Å². The molecule has 41 heavy (non-hydrogen) atoms. The van der Waals surface area contributed by atoms with Gasteiger partial charge in [-0.15, -0.1) is 0 Å². The van der Waals surface area contributed by atoms with Crippen LogP contribution in [0.15, 0.2) is 0 Å². The Kier molecular flexibility index (Phi) is 42.2. The molecule has 0 saturated heterocycles. The zero-order valence-electron chi connectivity index (χ0n) is 28.8. The third-order valence-corrected chi connectivity index (χ3v) is 9.34. The van der Waals surface area contributed by atoms with Crippen LogP contribution in [-0.2, 0) is 12.6 Å². The van der Waals surface area contributed by atoms with Gasteiger partial charge in [0.1, 0.15) is 0 Å². The Bertz CT molecular complexity index is 452. The van der Waals surface area contributed by atoms with Crippen molar-refractivity contribution in [3.05, 3.63) is 0 Å². The summed E-state index contributed by atoms with van der Waals surface area (Å²) in [6.07, 6.45) is 45.5. The maximum absolute atomic E-state index is 5.38. The molecule has 1 nitrogen and oxygen atoms in total. The van der Waals surface area contributed by atoms with E-state index in [1.807, 2.05) is 0 Å². The second kappa shape index (κ2) is 39.1. The Morgan fingerprint density at radius 1 is 0.366 bits per heavy atom. The fourth-order valence-electron chi connectivity index (χ4n) is 6.00. The van der Waals surface area contributed by atoms with Crippen molar-refractivity contribution < 1.29 is 29.6 Å². The number of unbranched alkanes of at least 4 members (excludes halogenated alkanes) is 30. The van der Waals surface area contributed by atoms with Crippen LogP contribution in [0.3, 0.4) is 0 Å². The second-order valence-corrected chi connectivity index (χ2v) is 13.9. The molecule has 0 spiro atoms. The molecule has 0 aliphatic rings. The predicted octanol–water partition coefficient (Wildman–Crippen LogP) is 10.6. The van der Waals surface area contributed by atoms with E-state index in [9.17, 15) is 0 Å². The van der Waals surface area contributed by atoms with Gasteiger partial charge in [0.05, 0.1) is 0 Å². The Morgan fingerprint density at radius 2 is 0.537 bits per heavy atom. The molecule has 0 bridgehead atoms. The molecule has 0 aliphatic heterocycles. The molecule has 240 valence electrons. The van der Waals surface area contributed by atoms with Crippen LogP contribution in [0.25, 0.3) is 0 Å². The third-order valence-electron chi connectivity index (χ3n) is 8.82. The van der Waals surface area contributed by atoms with Gasteiger partial charge in [-0.25, -0.2) is 0 Å². The van der Waals surface area contributed by atoms with E-state index in [0.717, 1.165) is 13.1 Å². The number of thiocarbonyl (C=S) groups is 1. The van der Waals surface area contributed by atoms with E-state index in [4.69, 9.17) is 24.8 Å². The topological polar surface area (TPSA) is 3.24 Å². The van der Waals surface area contributed by atoms with Gasteiger partial charge in [-0.2, -0.15) is 0 Å². The molecule has 0 aromatic rings. The van der Waals surface area contributed by atoms with Crippen molar-refractivity contribution in [3.8, 4) is 0 Å². The van der Waals surface area contributed by atoms with Crippen LogP contribution in [-0.4, -0.2) is 22.3 Å². The van der Waals surface area contributed by atoms with E-state index in [-0.39, 0.29) is 29.6 Å². The van der Waals surface area contributed by atoms with Crippen molar-refractivity contribution in [2.45, 2.75) is 219 Å². The van der Waals surface area contributed by atoms with Gasteiger partial charge < -0.3 is 29.7 Å². The minimum atomic E-state index is 0. The first kappa shape index (κ1) is 44.2. The molecular formula is C37H74NNaS2. The van der Waals surface area contributed by atoms with Crippen LogP contribution >= 0.6 is 12.2 Å². The fourth-order valence-corrected chi connectivity index (χ4v) is 6.36. The van der Waals surface area contributed by atoms with Crippen molar-refractivity contribution in [2.24, 2.45) is 0 Å². The molecule has 0 amide bonds. The summed E-state index contributed by atoms with van der Waals surface area (Å²) in [5, 5.41) is 0. The Hall–Kier alpha value is 1.11. The number of hydrogen-bond donors (Lipinski definition) is 0. The molecule has 0 aromatic carbocycles.